The highest BCUT2D eigenvalue weighted by atomic mass is 32.2. The van der Waals surface area contributed by atoms with Crippen LogP contribution in [0.4, 0.5) is 0 Å². The van der Waals surface area contributed by atoms with Crippen molar-refractivity contribution in [1.82, 2.24) is 4.90 Å². The number of hydrogen-bond acceptors (Lipinski definition) is 4. The maximum Gasteiger partial charge on any atom is 0.253 e. The van der Waals surface area contributed by atoms with Gasteiger partial charge in [0, 0.05) is 31.9 Å². The minimum Gasteiger partial charge on any atom is -0.381 e. The van der Waals surface area contributed by atoms with E-state index in [1.54, 1.807) is 6.08 Å². The van der Waals surface area contributed by atoms with Gasteiger partial charge in [0.05, 0.1) is 17.1 Å². The Morgan fingerprint density at radius 1 is 1.23 bits per heavy atom. The molecule has 1 aromatic rings. The predicted molar refractivity (Wildman–Crippen MR) is 115 cm³/mol. The van der Waals surface area contributed by atoms with Crippen molar-refractivity contribution in [2.24, 2.45) is 0 Å². The van der Waals surface area contributed by atoms with E-state index in [0.29, 0.717) is 31.0 Å². The standard InChI is InChI=1S/C23H29NO5S/c1-15(2)29-22-6-5-20(30(26)27)12-21(22)23(25)24-13-18-4-3-17(11-19(18)14-24)16-7-9-28-10-8-16/h3-5,11-12,15-16,22H,6-10,13-14H2,1-2H3,(H,26,27). The second-order valence-corrected chi connectivity index (χ2v) is 9.41. The van der Waals surface area contributed by atoms with Gasteiger partial charge in [0.1, 0.15) is 0 Å². The average molecular weight is 432 g/mol. The molecule has 162 valence electrons. The highest BCUT2D eigenvalue weighted by Crippen LogP contribution is 2.33. The molecule has 30 heavy (non-hydrogen) atoms. The molecule has 1 N–H and O–H groups in total. The number of hydrogen-bond donors (Lipinski definition) is 1. The van der Waals surface area contributed by atoms with Gasteiger partial charge in [-0.05, 0) is 61.8 Å². The molecule has 0 aromatic heterocycles. The first-order chi connectivity index (χ1) is 14.4. The maximum atomic E-state index is 13.4. The normalized spacial score (nSPS) is 23.2. The van der Waals surface area contributed by atoms with E-state index in [2.05, 4.69) is 18.2 Å². The third-order valence-electron chi connectivity index (χ3n) is 6.00. The van der Waals surface area contributed by atoms with Gasteiger partial charge < -0.3 is 18.9 Å². The van der Waals surface area contributed by atoms with E-state index in [1.165, 1.54) is 22.8 Å². The monoisotopic (exact) mass is 431 g/mol. The molecule has 2 aliphatic heterocycles. The number of fused-ring (bicyclic) bond motifs is 1. The smallest absolute Gasteiger partial charge is 0.253 e. The number of carbonyl (C=O) groups is 1. The second kappa shape index (κ2) is 9.14. The van der Waals surface area contributed by atoms with Crippen LogP contribution in [0.1, 0.15) is 55.7 Å². The number of nitrogens with zero attached hydrogens (tertiary/aromatic N) is 1. The molecule has 0 bridgehead atoms. The molecule has 7 heteroatoms. The largest absolute Gasteiger partial charge is 0.381 e. The van der Waals surface area contributed by atoms with Gasteiger partial charge in [-0.3, -0.25) is 4.79 Å². The lowest BCUT2D eigenvalue weighted by atomic mass is 9.90. The van der Waals surface area contributed by atoms with Crippen molar-refractivity contribution in [2.75, 3.05) is 13.2 Å². The Hall–Kier alpha value is -1.80. The topological polar surface area (TPSA) is 76.1 Å². The average Bonchev–Trinajstić information content (AvgIpc) is 3.17. The maximum absolute atomic E-state index is 13.4. The molecule has 1 aliphatic carbocycles. The van der Waals surface area contributed by atoms with E-state index in [9.17, 15) is 13.6 Å². The van der Waals surface area contributed by atoms with E-state index in [-0.39, 0.29) is 16.9 Å². The fourth-order valence-electron chi connectivity index (χ4n) is 4.46. The Morgan fingerprint density at radius 2 is 1.97 bits per heavy atom. The van der Waals surface area contributed by atoms with Crippen molar-refractivity contribution in [3.05, 3.63) is 57.5 Å². The fraction of sp³-hybridized carbons (Fsp3) is 0.522. The summed E-state index contributed by atoms with van der Waals surface area (Å²) < 4.78 is 32.5. The van der Waals surface area contributed by atoms with Crippen LogP contribution in [0.5, 0.6) is 0 Å². The number of carbonyl (C=O) groups excluding carboxylic acids is 1. The van der Waals surface area contributed by atoms with Gasteiger partial charge in [0.15, 0.2) is 11.1 Å². The summed E-state index contributed by atoms with van der Waals surface area (Å²) in [5.74, 6) is 0.395. The van der Waals surface area contributed by atoms with Gasteiger partial charge in [-0.15, -0.1) is 0 Å². The summed E-state index contributed by atoms with van der Waals surface area (Å²) in [6.45, 7) is 6.57. The number of benzene rings is 1. The van der Waals surface area contributed by atoms with Crippen LogP contribution in [0, 0.1) is 0 Å². The first-order valence-electron chi connectivity index (χ1n) is 10.6. The molecule has 0 saturated carbocycles. The predicted octanol–water partition coefficient (Wildman–Crippen LogP) is 3.65. The molecule has 2 atom stereocenters. The molecular formula is C23H29NO5S. The summed E-state index contributed by atoms with van der Waals surface area (Å²) >= 11 is -2.12. The fourth-order valence-corrected chi connectivity index (χ4v) is 4.93. The first-order valence-corrected chi connectivity index (χ1v) is 11.7. The SMILES string of the molecule is CC(C)OC1CC=C(S(=O)O)C=C1C(=O)N1Cc2ccc(C3CCOCC3)cc2C1. The Balaban J connectivity index is 1.53. The molecule has 3 aliphatic rings. The number of ether oxygens (including phenoxy) is 2. The van der Waals surface area contributed by atoms with Crippen molar-refractivity contribution >= 4 is 17.0 Å². The van der Waals surface area contributed by atoms with Crippen molar-refractivity contribution in [3.63, 3.8) is 0 Å². The summed E-state index contributed by atoms with van der Waals surface area (Å²) in [5, 5.41) is 0. The van der Waals surface area contributed by atoms with Gasteiger partial charge >= 0.3 is 0 Å². The highest BCUT2D eigenvalue weighted by Gasteiger charge is 2.33. The third kappa shape index (κ3) is 4.59. The minimum atomic E-state index is -2.12. The van der Waals surface area contributed by atoms with Crippen LogP contribution >= 0.6 is 0 Å². The summed E-state index contributed by atoms with van der Waals surface area (Å²) in [7, 11) is 0. The lowest BCUT2D eigenvalue weighted by molar-refractivity contribution is -0.129. The van der Waals surface area contributed by atoms with E-state index < -0.39 is 17.2 Å². The Bertz CT molecular complexity index is 901. The Morgan fingerprint density at radius 3 is 2.67 bits per heavy atom. The molecule has 2 unspecified atom stereocenters. The van der Waals surface area contributed by atoms with Gasteiger partial charge in [-0.2, -0.15) is 0 Å². The van der Waals surface area contributed by atoms with Crippen LogP contribution < -0.4 is 0 Å². The molecule has 2 heterocycles. The summed E-state index contributed by atoms with van der Waals surface area (Å²) in [6, 6.07) is 6.56. The molecular weight excluding hydrogens is 402 g/mol. The number of allylic oxidation sites excluding steroid dienone is 1. The third-order valence-corrected chi connectivity index (χ3v) is 6.68. The van der Waals surface area contributed by atoms with Crippen LogP contribution in [0.3, 0.4) is 0 Å². The van der Waals surface area contributed by atoms with Crippen LogP contribution in [0.25, 0.3) is 0 Å². The molecule has 1 aromatic carbocycles. The zero-order chi connectivity index (χ0) is 21.3. The second-order valence-electron chi connectivity index (χ2n) is 8.44. The summed E-state index contributed by atoms with van der Waals surface area (Å²) in [5.41, 5.74) is 4.14. The Labute approximate surface area is 180 Å². The van der Waals surface area contributed by atoms with Crippen molar-refractivity contribution < 1.29 is 23.0 Å². The summed E-state index contributed by atoms with van der Waals surface area (Å²) in [4.78, 5) is 15.4. The minimum absolute atomic E-state index is 0.0430. The van der Waals surface area contributed by atoms with E-state index >= 15 is 0 Å². The van der Waals surface area contributed by atoms with Crippen molar-refractivity contribution in [2.45, 2.75) is 64.3 Å². The Kier molecular flexibility index (Phi) is 6.53. The molecule has 1 saturated heterocycles. The molecule has 4 rings (SSSR count). The van der Waals surface area contributed by atoms with Crippen molar-refractivity contribution in [1.29, 1.82) is 0 Å². The lowest BCUT2D eigenvalue weighted by Gasteiger charge is -2.27. The van der Waals surface area contributed by atoms with Gasteiger partial charge in [0.2, 0.25) is 0 Å². The van der Waals surface area contributed by atoms with E-state index in [4.69, 9.17) is 9.47 Å². The molecule has 0 spiro atoms. The van der Waals surface area contributed by atoms with Crippen LogP contribution in [-0.4, -0.2) is 45.0 Å². The number of rotatable bonds is 5. The zero-order valence-corrected chi connectivity index (χ0v) is 18.3. The molecule has 0 radical (unpaired) electrons. The van der Waals surface area contributed by atoms with Crippen LogP contribution in [0.15, 0.2) is 40.8 Å². The van der Waals surface area contributed by atoms with Crippen molar-refractivity contribution in [3.8, 4) is 0 Å². The van der Waals surface area contributed by atoms with Gasteiger partial charge in [0.25, 0.3) is 5.91 Å². The summed E-state index contributed by atoms with van der Waals surface area (Å²) in [6.07, 6.45) is 5.27. The first kappa shape index (κ1) is 21.4. The van der Waals surface area contributed by atoms with Gasteiger partial charge in [-0.1, -0.05) is 24.3 Å². The van der Waals surface area contributed by atoms with Gasteiger partial charge in [-0.25, -0.2) is 4.21 Å². The molecule has 1 amide bonds. The molecule has 1 fully saturated rings. The van der Waals surface area contributed by atoms with Crippen LogP contribution in [0.2, 0.25) is 0 Å². The molecule has 6 nitrogen and oxygen atoms in total. The zero-order valence-electron chi connectivity index (χ0n) is 17.5. The quantitative estimate of drug-likeness (QED) is 0.720. The highest BCUT2D eigenvalue weighted by molar-refractivity contribution is 7.83. The van der Waals surface area contributed by atoms with E-state index in [0.717, 1.165) is 26.1 Å². The number of amides is 1. The van der Waals surface area contributed by atoms with Crippen LogP contribution in [-0.2, 0) is 38.4 Å². The lowest BCUT2D eigenvalue weighted by Crippen LogP contribution is -2.35. The van der Waals surface area contributed by atoms with E-state index in [1.807, 2.05) is 18.7 Å².